The summed E-state index contributed by atoms with van der Waals surface area (Å²) in [6.07, 6.45) is 2.00. The van der Waals surface area contributed by atoms with Crippen LogP contribution in [0.4, 0.5) is 0 Å². The van der Waals surface area contributed by atoms with Crippen molar-refractivity contribution >= 4 is 21.8 Å². The van der Waals surface area contributed by atoms with Crippen molar-refractivity contribution in [2.24, 2.45) is 0 Å². The van der Waals surface area contributed by atoms with Gasteiger partial charge in [0, 0.05) is 23.5 Å². The van der Waals surface area contributed by atoms with Crippen molar-refractivity contribution in [1.29, 1.82) is 0 Å². The normalized spacial score (nSPS) is 10.8. The molecule has 0 aliphatic heterocycles. The van der Waals surface area contributed by atoms with Gasteiger partial charge in [-0.1, -0.05) is 48.0 Å². The zero-order chi connectivity index (χ0) is 14.4. The highest BCUT2D eigenvalue weighted by Gasteiger charge is 2.23. The first-order valence-corrected chi connectivity index (χ1v) is 8.12. The second-order valence-electron chi connectivity index (χ2n) is 4.92. The number of alkyl halides is 1. The number of amides is 1. The molecule has 0 aliphatic rings. The summed E-state index contributed by atoms with van der Waals surface area (Å²) >= 11 is 3.46. The van der Waals surface area contributed by atoms with Crippen LogP contribution in [-0.4, -0.2) is 28.7 Å². The molecule has 1 rings (SSSR count). The third-order valence-corrected chi connectivity index (χ3v) is 4.02. The summed E-state index contributed by atoms with van der Waals surface area (Å²) in [6.45, 7) is 9.08. The minimum Gasteiger partial charge on any atom is -0.335 e. The predicted molar refractivity (Wildman–Crippen MR) is 85.1 cm³/mol. The molecule has 0 unspecified atom stereocenters. The van der Waals surface area contributed by atoms with Crippen LogP contribution >= 0.6 is 15.9 Å². The molecule has 0 aromatic heterocycles. The highest BCUT2D eigenvalue weighted by atomic mass is 79.9. The molecule has 3 heteroatoms. The van der Waals surface area contributed by atoms with Crippen molar-refractivity contribution in [3.05, 3.63) is 34.9 Å². The zero-order valence-corrected chi connectivity index (χ0v) is 14.0. The molecular weight excluding hydrogens is 302 g/mol. The summed E-state index contributed by atoms with van der Waals surface area (Å²) in [4.78, 5) is 14.9. The van der Waals surface area contributed by atoms with Crippen LogP contribution in [0.15, 0.2) is 18.2 Å². The largest absolute Gasteiger partial charge is 0.335 e. The molecule has 1 aromatic carbocycles. The van der Waals surface area contributed by atoms with Crippen LogP contribution in [0.3, 0.4) is 0 Å². The fraction of sp³-hybridized carbons (Fsp3) is 0.562. The quantitative estimate of drug-likeness (QED) is 0.713. The van der Waals surface area contributed by atoms with E-state index in [1.165, 1.54) is 0 Å². The molecule has 0 fully saturated rings. The van der Waals surface area contributed by atoms with E-state index < -0.39 is 0 Å². The van der Waals surface area contributed by atoms with Crippen molar-refractivity contribution in [3.63, 3.8) is 0 Å². The number of carbonyl (C=O) groups is 1. The standard InChI is InChI=1S/C16H24BrNO/c1-5-14(6-2)18(11-10-17)16(19)15-12(3)8-7-9-13(15)4/h7-9,14H,5-6,10-11H2,1-4H3. The van der Waals surface area contributed by atoms with Gasteiger partial charge in [0.05, 0.1) is 0 Å². The van der Waals surface area contributed by atoms with E-state index in [4.69, 9.17) is 0 Å². The Morgan fingerprint density at radius 2 is 1.74 bits per heavy atom. The van der Waals surface area contributed by atoms with E-state index >= 15 is 0 Å². The minimum atomic E-state index is 0.170. The summed E-state index contributed by atoms with van der Waals surface area (Å²) in [6, 6.07) is 6.36. The van der Waals surface area contributed by atoms with Crippen molar-refractivity contribution < 1.29 is 4.79 Å². The summed E-state index contributed by atoms with van der Waals surface area (Å²) in [7, 11) is 0. The molecule has 1 aromatic rings. The van der Waals surface area contributed by atoms with Gasteiger partial charge in [0.15, 0.2) is 0 Å². The maximum atomic E-state index is 12.8. The molecule has 0 spiro atoms. The molecule has 0 saturated carbocycles. The third kappa shape index (κ3) is 3.82. The van der Waals surface area contributed by atoms with Crippen LogP contribution in [0.5, 0.6) is 0 Å². The minimum absolute atomic E-state index is 0.170. The number of benzene rings is 1. The Bertz CT molecular complexity index is 407. The first-order chi connectivity index (χ1) is 9.06. The summed E-state index contributed by atoms with van der Waals surface area (Å²) in [5, 5.41) is 0.820. The zero-order valence-electron chi connectivity index (χ0n) is 12.4. The Morgan fingerprint density at radius 3 is 2.16 bits per heavy atom. The highest BCUT2D eigenvalue weighted by molar-refractivity contribution is 9.09. The van der Waals surface area contributed by atoms with Gasteiger partial charge in [0.2, 0.25) is 0 Å². The number of rotatable bonds is 6. The fourth-order valence-corrected chi connectivity index (χ4v) is 2.95. The Labute approximate surface area is 125 Å². The number of aryl methyl sites for hydroxylation is 2. The number of hydrogen-bond acceptors (Lipinski definition) is 1. The lowest BCUT2D eigenvalue weighted by molar-refractivity contribution is 0.0681. The van der Waals surface area contributed by atoms with Gasteiger partial charge in [-0.05, 0) is 37.8 Å². The maximum absolute atomic E-state index is 12.8. The molecule has 1 amide bonds. The molecule has 0 radical (unpaired) electrons. The Kier molecular flexibility index (Phi) is 6.56. The van der Waals surface area contributed by atoms with Crippen LogP contribution in [0.2, 0.25) is 0 Å². The van der Waals surface area contributed by atoms with E-state index in [9.17, 15) is 4.79 Å². The van der Waals surface area contributed by atoms with Crippen LogP contribution in [0, 0.1) is 13.8 Å². The summed E-state index contributed by atoms with van der Waals surface area (Å²) < 4.78 is 0. The Balaban J connectivity index is 3.12. The van der Waals surface area contributed by atoms with E-state index in [-0.39, 0.29) is 5.91 Å². The van der Waals surface area contributed by atoms with Gasteiger partial charge >= 0.3 is 0 Å². The van der Waals surface area contributed by atoms with E-state index in [0.717, 1.165) is 41.4 Å². The lowest BCUT2D eigenvalue weighted by atomic mass is 10.00. The predicted octanol–water partition coefficient (Wildman–Crippen LogP) is 4.33. The van der Waals surface area contributed by atoms with E-state index in [1.807, 2.05) is 36.9 Å². The average Bonchev–Trinajstić information content (AvgIpc) is 2.38. The van der Waals surface area contributed by atoms with Crippen molar-refractivity contribution in [3.8, 4) is 0 Å². The lowest BCUT2D eigenvalue weighted by Crippen LogP contribution is -2.41. The van der Waals surface area contributed by atoms with Crippen molar-refractivity contribution in [2.75, 3.05) is 11.9 Å². The van der Waals surface area contributed by atoms with Crippen LogP contribution in [0.25, 0.3) is 0 Å². The number of hydrogen-bond donors (Lipinski definition) is 0. The van der Waals surface area contributed by atoms with Gasteiger partial charge in [-0.2, -0.15) is 0 Å². The van der Waals surface area contributed by atoms with Crippen molar-refractivity contribution in [2.45, 2.75) is 46.6 Å². The first kappa shape index (κ1) is 16.2. The molecule has 19 heavy (non-hydrogen) atoms. The molecule has 0 heterocycles. The fourth-order valence-electron chi connectivity index (χ4n) is 2.57. The monoisotopic (exact) mass is 325 g/mol. The SMILES string of the molecule is CCC(CC)N(CCBr)C(=O)c1c(C)cccc1C. The summed E-state index contributed by atoms with van der Waals surface area (Å²) in [5.74, 6) is 0.170. The van der Waals surface area contributed by atoms with Gasteiger partial charge in [0.25, 0.3) is 5.91 Å². The number of halogens is 1. The van der Waals surface area contributed by atoms with Gasteiger partial charge < -0.3 is 4.90 Å². The van der Waals surface area contributed by atoms with E-state index in [1.54, 1.807) is 0 Å². The van der Waals surface area contributed by atoms with Gasteiger partial charge in [-0.15, -0.1) is 0 Å². The van der Waals surface area contributed by atoms with Gasteiger partial charge in [-0.25, -0.2) is 0 Å². The number of nitrogens with zero attached hydrogens (tertiary/aromatic N) is 1. The topological polar surface area (TPSA) is 20.3 Å². The van der Waals surface area contributed by atoms with Crippen LogP contribution < -0.4 is 0 Å². The van der Waals surface area contributed by atoms with Crippen LogP contribution in [0.1, 0.15) is 48.2 Å². The Morgan fingerprint density at radius 1 is 1.21 bits per heavy atom. The van der Waals surface area contributed by atoms with Crippen LogP contribution in [-0.2, 0) is 0 Å². The molecule has 2 nitrogen and oxygen atoms in total. The third-order valence-electron chi connectivity index (χ3n) is 3.66. The molecule has 0 saturated heterocycles. The first-order valence-electron chi connectivity index (χ1n) is 6.99. The molecule has 0 aliphatic carbocycles. The average molecular weight is 326 g/mol. The molecule has 0 N–H and O–H groups in total. The molecular formula is C16H24BrNO. The maximum Gasteiger partial charge on any atom is 0.254 e. The number of carbonyl (C=O) groups excluding carboxylic acids is 1. The smallest absolute Gasteiger partial charge is 0.254 e. The molecule has 0 bridgehead atoms. The van der Waals surface area contributed by atoms with Crippen molar-refractivity contribution in [1.82, 2.24) is 4.90 Å². The van der Waals surface area contributed by atoms with Gasteiger partial charge in [-0.3, -0.25) is 4.79 Å². The Hall–Kier alpha value is -0.830. The second kappa shape index (κ2) is 7.68. The molecule has 0 atom stereocenters. The second-order valence-corrected chi connectivity index (χ2v) is 5.72. The van der Waals surface area contributed by atoms with E-state index in [2.05, 4.69) is 29.8 Å². The molecule has 106 valence electrons. The van der Waals surface area contributed by atoms with E-state index in [0.29, 0.717) is 6.04 Å². The van der Waals surface area contributed by atoms with Gasteiger partial charge in [0.1, 0.15) is 0 Å². The lowest BCUT2D eigenvalue weighted by Gasteiger charge is -2.31. The summed E-state index contributed by atoms with van der Waals surface area (Å²) in [5.41, 5.74) is 3.00. The highest BCUT2D eigenvalue weighted by Crippen LogP contribution is 2.19.